The molecule has 0 aliphatic carbocycles. The maximum absolute atomic E-state index is 11.1. The van der Waals surface area contributed by atoms with E-state index in [1.165, 1.54) is 0 Å². The second-order valence-corrected chi connectivity index (χ2v) is 5.23. The van der Waals surface area contributed by atoms with Crippen LogP contribution in [0, 0.1) is 0 Å². The molecule has 0 saturated carbocycles. The molecule has 2 atom stereocenters. The topological polar surface area (TPSA) is 81.6 Å². The summed E-state index contributed by atoms with van der Waals surface area (Å²) in [6.45, 7) is 6.69. The second-order valence-electron chi connectivity index (χ2n) is 5.23. The Bertz CT molecular complexity index is 466. The first-order chi connectivity index (χ1) is 8.95. The molecule has 104 valence electrons. The fourth-order valence-corrected chi connectivity index (χ4v) is 2.55. The molecule has 0 spiro atoms. The van der Waals surface area contributed by atoms with E-state index in [0.29, 0.717) is 11.3 Å². The van der Waals surface area contributed by atoms with Gasteiger partial charge in [0.25, 0.3) is 0 Å². The van der Waals surface area contributed by atoms with Crippen molar-refractivity contribution in [3.63, 3.8) is 0 Å². The molecule has 19 heavy (non-hydrogen) atoms. The first-order valence-electron chi connectivity index (χ1n) is 6.51. The lowest BCUT2D eigenvalue weighted by Gasteiger charge is -2.35. The highest BCUT2D eigenvalue weighted by atomic mass is 16.5. The normalized spacial score (nSPS) is 24.3. The number of rotatable bonds is 3. The van der Waals surface area contributed by atoms with Crippen LogP contribution in [-0.2, 0) is 11.3 Å². The standard InChI is InChI=1S/C14H21N3O2/c1-9-6-17(7-10(2)19-9)8-12-4-3-11(14(16)18)5-13(12)15/h3-5,9-10H,6-8,15H2,1-2H3,(H2,16,18). The molecule has 1 aromatic carbocycles. The van der Waals surface area contributed by atoms with Crippen molar-refractivity contribution in [3.8, 4) is 0 Å². The van der Waals surface area contributed by atoms with Gasteiger partial charge in [-0.15, -0.1) is 0 Å². The van der Waals surface area contributed by atoms with Gasteiger partial charge in [-0.2, -0.15) is 0 Å². The van der Waals surface area contributed by atoms with Crippen molar-refractivity contribution in [3.05, 3.63) is 29.3 Å². The minimum atomic E-state index is -0.452. The number of nitrogen functional groups attached to an aromatic ring is 1. The molecule has 2 rings (SSSR count). The number of nitrogens with zero attached hydrogens (tertiary/aromatic N) is 1. The first kappa shape index (κ1) is 13.8. The van der Waals surface area contributed by atoms with Crippen molar-refractivity contribution in [2.75, 3.05) is 18.8 Å². The van der Waals surface area contributed by atoms with Crippen LogP contribution in [0.2, 0.25) is 0 Å². The Labute approximate surface area is 113 Å². The molecule has 1 aliphatic rings. The third-order valence-electron chi connectivity index (χ3n) is 3.32. The van der Waals surface area contributed by atoms with Gasteiger partial charge in [0.05, 0.1) is 12.2 Å². The van der Waals surface area contributed by atoms with Crippen LogP contribution in [0.5, 0.6) is 0 Å². The molecule has 1 heterocycles. The average molecular weight is 263 g/mol. The number of amides is 1. The predicted octanol–water partition coefficient (Wildman–Crippen LogP) is 0.977. The quantitative estimate of drug-likeness (QED) is 0.796. The van der Waals surface area contributed by atoms with Crippen molar-refractivity contribution in [1.29, 1.82) is 0 Å². The number of benzene rings is 1. The fraction of sp³-hybridized carbons (Fsp3) is 0.500. The van der Waals surface area contributed by atoms with Crippen molar-refractivity contribution in [1.82, 2.24) is 4.90 Å². The Morgan fingerprint density at radius 3 is 2.53 bits per heavy atom. The van der Waals surface area contributed by atoms with Gasteiger partial charge in [-0.3, -0.25) is 9.69 Å². The molecular formula is C14H21N3O2. The molecule has 4 N–H and O–H groups in total. The molecule has 1 fully saturated rings. The van der Waals surface area contributed by atoms with Gasteiger partial charge >= 0.3 is 0 Å². The van der Waals surface area contributed by atoms with Gasteiger partial charge in [0, 0.05) is 30.9 Å². The number of ether oxygens (including phenoxy) is 1. The van der Waals surface area contributed by atoms with Crippen LogP contribution >= 0.6 is 0 Å². The van der Waals surface area contributed by atoms with Crippen molar-refractivity contribution < 1.29 is 9.53 Å². The molecule has 2 unspecified atom stereocenters. The number of carbonyl (C=O) groups excluding carboxylic acids is 1. The highest BCUT2D eigenvalue weighted by Crippen LogP contribution is 2.19. The molecule has 1 aromatic rings. The maximum atomic E-state index is 11.1. The lowest BCUT2D eigenvalue weighted by Crippen LogP contribution is -2.44. The molecule has 5 heteroatoms. The number of nitrogens with two attached hydrogens (primary N) is 2. The summed E-state index contributed by atoms with van der Waals surface area (Å²) in [6.07, 6.45) is 0.463. The molecule has 0 bridgehead atoms. The van der Waals surface area contributed by atoms with E-state index in [4.69, 9.17) is 16.2 Å². The summed E-state index contributed by atoms with van der Waals surface area (Å²) < 4.78 is 5.70. The summed E-state index contributed by atoms with van der Waals surface area (Å²) in [4.78, 5) is 13.4. The van der Waals surface area contributed by atoms with Crippen LogP contribution in [0.3, 0.4) is 0 Å². The lowest BCUT2D eigenvalue weighted by atomic mass is 10.1. The number of hydrogen-bond acceptors (Lipinski definition) is 4. The molecule has 1 aliphatic heterocycles. The van der Waals surface area contributed by atoms with Crippen LogP contribution in [0.4, 0.5) is 5.69 Å². The summed E-state index contributed by atoms with van der Waals surface area (Å²) in [5.41, 5.74) is 13.3. The van der Waals surface area contributed by atoms with Crippen LogP contribution in [0.25, 0.3) is 0 Å². The third-order valence-corrected chi connectivity index (χ3v) is 3.32. The Morgan fingerprint density at radius 1 is 1.37 bits per heavy atom. The van der Waals surface area contributed by atoms with E-state index in [1.807, 2.05) is 6.07 Å². The molecule has 1 amide bonds. The van der Waals surface area contributed by atoms with E-state index in [-0.39, 0.29) is 12.2 Å². The van der Waals surface area contributed by atoms with Crippen molar-refractivity contribution >= 4 is 11.6 Å². The fourth-order valence-electron chi connectivity index (χ4n) is 2.55. The van der Waals surface area contributed by atoms with Crippen molar-refractivity contribution in [2.45, 2.75) is 32.6 Å². The number of anilines is 1. The third kappa shape index (κ3) is 3.45. The van der Waals surface area contributed by atoms with E-state index >= 15 is 0 Å². The van der Waals surface area contributed by atoms with Gasteiger partial charge in [0.2, 0.25) is 5.91 Å². The van der Waals surface area contributed by atoms with Gasteiger partial charge in [0.15, 0.2) is 0 Å². The molecule has 5 nitrogen and oxygen atoms in total. The predicted molar refractivity (Wildman–Crippen MR) is 74.7 cm³/mol. The highest BCUT2D eigenvalue weighted by Gasteiger charge is 2.22. The van der Waals surface area contributed by atoms with Gasteiger partial charge in [-0.1, -0.05) is 6.07 Å². The second kappa shape index (κ2) is 5.59. The Balaban J connectivity index is 2.08. The highest BCUT2D eigenvalue weighted by molar-refractivity contribution is 5.93. The summed E-state index contributed by atoms with van der Waals surface area (Å²) in [5, 5.41) is 0. The van der Waals surface area contributed by atoms with E-state index < -0.39 is 5.91 Å². The molecule has 1 saturated heterocycles. The number of hydrogen-bond donors (Lipinski definition) is 2. The number of morpholine rings is 1. The molecule has 0 radical (unpaired) electrons. The van der Waals surface area contributed by atoms with Crippen molar-refractivity contribution in [2.24, 2.45) is 5.73 Å². The summed E-state index contributed by atoms with van der Waals surface area (Å²) in [5.74, 6) is -0.452. The monoisotopic (exact) mass is 263 g/mol. The van der Waals surface area contributed by atoms with E-state index in [1.54, 1.807) is 12.1 Å². The van der Waals surface area contributed by atoms with E-state index in [0.717, 1.165) is 25.2 Å². The minimum absolute atomic E-state index is 0.231. The van der Waals surface area contributed by atoms with Gasteiger partial charge in [-0.05, 0) is 31.5 Å². The smallest absolute Gasteiger partial charge is 0.248 e. The van der Waals surface area contributed by atoms with Gasteiger partial charge < -0.3 is 16.2 Å². The van der Waals surface area contributed by atoms with Crippen LogP contribution in [-0.4, -0.2) is 36.1 Å². The lowest BCUT2D eigenvalue weighted by molar-refractivity contribution is -0.0704. The summed E-state index contributed by atoms with van der Waals surface area (Å²) >= 11 is 0. The summed E-state index contributed by atoms with van der Waals surface area (Å²) in [7, 11) is 0. The minimum Gasteiger partial charge on any atom is -0.398 e. The Morgan fingerprint density at radius 2 is 2.00 bits per heavy atom. The average Bonchev–Trinajstić information content (AvgIpc) is 2.30. The van der Waals surface area contributed by atoms with Gasteiger partial charge in [-0.25, -0.2) is 0 Å². The molecule has 0 aromatic heterocycles. The van der Waals surface area contributed by atoms with Gasteiger partial charge in [0.1, 0.15) is 0 Å². The van der Waals surface area contributed by atoms with Crippen LogP contribution < -0.4 is 11.5 Å². The Kier molecular flexibility index (Phi) is 4.07. The summed E-state index contributed by atoms with van der Waals surface area (Å²) in [6, 6.07) is 5.24. The first-order valence-corrected chi connectivity index (χ1v) is 6.51. The van der Waals surface area contributed by atoms with E-state index in [2.05, 4.69) is 18.7 Å². The van der Waals surface area contributed by atoms with Crippen LogP contribution in [0.15, 0.2) is 18.2 Å². The zero-order valence-electron chi connectivity index (χ0n) is 11.4. The largest absolute Gasteiger partial charge is 0.398 e. The van der Waals surface area contributed by atoms with Crippen LogP contribution in [0.1, 0.15) is 29.8 Å². The maximum Gasteiger partial charge on any atom is 0.248 e. The number of primary amides is 1. The zero-order valence-corrected chi connectivity index (χ0v) is 11.4. The Hall–Kier alpha value is -1.59. The van der Waals surface area contributed by atoms with E-state index in [9.17, 15) is 4.79 Å². The SMILES string of the molecule is CC1CN(Cc2ccc(C(N)=O)cc2N)CC(C)O1. The zero-order chi connectivity index (χ0) is 14.0. The molecular weight excluding hydrogens is 242 g/mol. The number of carbonyl (C=O) groups is 1.